The molecule has 1 amide bonds. The zero-order chi connectivity index (χ0) is 32.9. The third-order valence-corrected chi connectivity index (χ3v) is 8.64. The molecule has 1 aliphatic rings. The number of carbonyl (C=O) groups excluding carboxylic acids is 1. The molecule has 3 aromatic carbocycles. The number of aromatic carboxylic acids is 1. The van der Waals surface area contributed by atoms with Crippen molar-refractivity contribution in [1.29, 1.82) is 0 Å². The molecule has 2 aromatic heterocycles. The fraction of sp³-hybridized carbons (Fsp3) is 0.194. The van der Waals surface area contributed by atoms with Crippen LogP contribution in [0.1, 0.15) is 40.3 Å². The van der Waals surface area contributed by atoms with Crippen LogP contribution in [0.3, 0.4) is 0 Å². The fourth-order valence-corrected chi connectivity index (χ4v) is 6.23. The van der Waals surface area contributed by atoms with Crippen molar-refractivity contribution in [2.45, 2.75) is 25.8 Å². The molecule has 6 rings (SSSR count). The van der Waals surface area contributed by atoms with Crippen molar-refractivity contribution in [1.82, 2.24) is 19.8 Å². The van der Waals surface area contributed by atoms with Gasteiger partial charge in [-0.3, -0.25) is 14.7 Å². The van der Waals surface area contributed by atoms with Gasteiger partial charge in [-0.05, 0) is 67.1 Å². The number of fused-ring (bicyclic) bond motifs is 1. The highest BCUT2D eigenvalue weighted by Crippen LogP contribution is 2.40. The highest BCUT2D eigenvalue weighted by atomic mass is 35.5. The quantitative estimate of drug-likeness (QED) is 0.152. The van der Waals surface area contributed by atoms with Crippen molar-refractivity contribution in [2.75, 3.05) is 19.7 Å². The molecule has 1 aliphatic heterocycles. The largest absolute Gasteiger partial charge is 0.478 e. The maximum absolute atomic E-state index is 12.7. The maximum Gasteiger partial charge on any atom is 0.335 e. The Morgan fingerprint density at radius 1 is 1.09 bits per heavy atom. The predicted molar refractivity (Wildman–Crippen MR) is 182 cm³/mol. The Kier molecular flexibility index (Phi) is 9.89. The SMILES string of the molecule is CC1CN(C(Oc2cccc3cccnc23)c2c(Cl)ccc(-n3cccc3CNC(=O)C=Cc3ccc(C(=O)O)cc3)c2Cl)CCO1. The van der Waals surface area contributed by atoms with Gasteiger partial charge in [-0.1, -0.05) is 53.5 Å². The number of aromatic nitrogens is 2. The Morgan fingerprint density at radius 2 is 1.89 bits per heavy atom. The first kappa shape index (κ1) is 32.3. The lowest BCUT2D eigenvalue weighted by Crippen LogP contribution is -2.45. The van der Waals surface area contributed by atoms with Crippen molar-refractivity contribution >= 4 is 52.1 Å². The summed E-state index contributed by atoms with van der Waals surface area (Å²) in [5.74, 6) is -0.698. The number of pyridine rings is 1. The number of hydrogen-bond acceptors (Lipinski definition) is 6. The number of carboxylic acids is 1. The van der Waals surface area contributed by atoms with Crippen LogP contribution in [0.4, 0.5) is 0 Å². The van der Waals surface area contributed by atoms with E-state index in [0.29, 0.717) is 52.3 Å². The summed E-state index contributed by atoms with van der Waals surface area (Å²) in [4.78, 5) is 30.5. The molecule has 0 radical (unpaired) electrons. The van der Waals surface area contributed by atoms with Crippen LogP contribution < -0.4 is 10.1 Å². The molecule has 240 valence electrons. The van der Waals surface area contributed by atoms with Crippen LogP contribution in [0.2, 0.25) is 10.0 Å². The van der Waals surface area contributed by atoms with Crippen LogP contribution in [0.25, 0.3) is 22.7 Å². The second-order valence-electron chi connectivity index (χ2n) is 11.1. The summed E-state index contributed by atoms with van der Waals surface area (Å²) in [7, 11) is 0. The van der Waals surface area contributed by atoms with E-state index < -0.39 is 12.2 Å². The molecule has 2 N–H and O–H groups in total. The first-order valence-corrected chi connectivity index (χ1v) is 15.8. The number of rotatable bonds is 10. The van der Waals surface area contributed by atoms with Crippen molar-refractivity contribution in [2.24, 2.45) is 0 Å². The number of carboxylic acid groups (broad SMARTS) is 1. The zero-order valence-electron chi connectivity index (χ0n) is 25.5. The number of hydrogen-bond donors (Lipinski definition) is 2. The van der Waals surface area contributed by atoms with Gasteiger partial charge in [-0.15, -0.1) is 0 Å². The van der Waals surface area contributed by atoms with Crippen LogP contribution in [-0.2, 0) is 16.1 Å². The summed E-state index contributed by atoms with van der Waals surface area (Å²) in [6.45, 7) is 4.01. The minimum Gasteiger partial charge on any atom is -0.478 e. The molecule has 1 saturated heterocycles. The van der Waals surface area contributed by atoms with E-state index in [9.17, 15) is 9.59 Å². The molecule has 47 heavy (non-hydrogen) atoms. The van der Waals surface area contributed by atoms with Crippen LogP contribution in [0.5, 0.6) is 5.75 Å². The van der Waals surface area contributed by atoms with Gasteiger partial charge in [-0.25, -0.2) is 4.79 Å². The molecular formula is C36H32Cl2N4O5. The molecule has 0 aliphatic carbocycles. The number of para-hydroxylation sites is 1. The van der Waals surface area contributed by atoms with Crippen LogP contribution in [0.15, 0.2) is 97.3 Å². The minimum absolute atomic E-state index is 0.0148. The average Bonchev–Trinajstić information content (AvgIpc) is 3.54. The molecule has 0 bridgehead atoms. The lowest BCUT2D eigenvalue weighted by atomic mass is 10.1. The highest BCUT2D eigenvalue weighted by molar-refractivity contribution is 6.37. The summed E-state index contributed by atoms with van der Waals surface area (Å²) < 4.78 is 14.5. The first-order chi connectivity index (χ1) is 22.8. The van der Waals surface area contributed by atoms with E-state index in [0.717, 1.165) is 16.6 Å². The van der Waals surface area contributed by atoms with E-state index in [-0.39, 0.29) is 24.1 Å². The van der Waals surface area contributed by atoms with Crippen molar-refractivity contribution in [3.63, 3.8) is 0 Å². The minimum atomic E-state index is -1.00. The summed E-state index contributed by atoms with van der Waals surface area (Å²) in [5, 5.41) is 13.8. The lowest BCUT2D eigenvalue weighted by molar-refractivity contribution is -0.116. The van der Waals surface area contributed by atoms with Crippen molar-refractivity contribution in [3.05, 3.63) is 130 Å². The number of halogens is 2. The van der Waals surface area contributed by atoms with Gasteiger partial charge in [0.15, 0.2) is 6.23 Å². The van der Waals surface area contributed by atoms with Crippen molar-refractivity contribution in [3.8, 4) is 11.4 Å². The maximum atomic E-state index is 12.7. The summed E-state index contributed by atoms with van der Waals surface area (Å²) >= 11 is 14.1. The fourth-order valence-electron chi connectivity index (χ4n) is 5.58. The van der Waals surface area contributed by atoms with E-state index in [1.165, 1.54) is 18.2 Å². The average molecular weight is 672 g/mol. The third kappa shape index (κ3) is 7.34. The number of amides is 1. The number of benzene rings is 3. The monoisotopic (exact) mass is 670 g/mol. The normalized spacial score (nSPS) is 15.9. The van der Waals surface area contributed by atoms with Gasteiger partial charge < -0.3 is 24.5 Å². The van der Waals surface area contributed by atoms with Gasteiger partial charge in [-0.2, -0.15) is 0 Å². The summed E-state index contributed by atoms with van der Waals surface area (Å²) in [6, 6.07) is 23.4. The second kappa shape index (κ2) is 14.4. The summed E-state index contributed by atoms with van der Waals surface area (Å²) in [6.07, 6.45) is 6.00. The Bertz CT molecular complexity index is 1940. The molecule has 1 fully saturated rings. The molecule has 9 nitrogen and oxygen atoms in total. The Labute approximate surface area is 282 Å². The third-order valence-electron chi connectivity index (χ3n) is 7.91. The molecule has 2 unspecified atom stereocenters. The van der Waals surface area contributed by atoms with Crippen LogP contribution in [-0.4, -0.2) is 57.2 Å². The Balaban J connectivity index is 1.27. The highest BCUT2D eigenvalue weighted by Gasteiger charge is 2.32. The van der Waals surface area contributed by atoms with E-state index in [1.807, 2.05) is 66.2 Å². The van der Waals surface area contributed by atoms with E-state index in [4.69, 9.17) is 37.8 Å². The number of nitrogens with zero attached hydrogens (tertiary/aromatic N) is 3. The number of carbonyl (C=O) groups is 2. The van der Waals surface area contributed by atoms with Crippen molar-refractivity contribution < 1.29 is 24.2 Å². The van der Waals surface area contributed by atoms with Gasteiger partial charge in [0.25, 0.3) is 0 Å². The smallest absolute Gasteiger partial charge is 0.335 e. The Morgan fingerprint density at radius 3 is 2.68 bits per heavy atom. The molecule has 2 atom stereocenters. The number of nitrogens with one attached hydrogen (secondary N) is 1. The molecular weight excluding hydrogens is 639 g/mol. The molecule has 0 spiro atoms. The molecule has 0 saturated carbocycles. The van der Waals surface area contributed by atoms with E-state index in [2.05, 4.69) is 15.2 Å². The van der Waals surface area contributed by atoms with Crippen LogP contribution >= 0.6 is 23.2 Å². The lowest BCUT2D eigenvalue weighted by Gasteiger charge is -2.38. The Hall–Kier alpha value is -4.67. The van der Waals surface area contributed by atoms with E-state index in [1.54, 1.807) is 30.5 Å². The topological polar surface area (TPSA) is 106 Å². The van der Waals surface area contributed by atoms with Gasteiger partial charge in [0.05, 0.1) is 40.6 Å². The van der Waals surface area contributed by atoms with Gasteiger partial charge in [0.2, 0.25) is 5.91 Å². The number of ether oxygens (including phenoxy) is 2. The van der Waals surface area contributed by atoms with E-state index >= 15 is 0 Å². The number of morpholine rings is 1. The van der Waals surface area contributed by atoms with Crippen LogP contribution in [0, 0.1) is 0 Å². The van der Waals surface area contributed by atoms with Gasteiger partial charge in [0, 0.05) is 48.2 Å². The summed E-state index contributed by atoms with van der Waals surface area (Å²) in [5.41, 5.74) is 3.72. The first-order valence-electron chi connectivity index (χ1n) is 15.1. The molecule has 3 heterocycles. The molecule has 11 heteroatoms. The predicted octanol–water partition coefficient (Wildman–Crippen LogP) is 7.16. The second-order valence-corrected chi connectivity index (χ2v) is 11.9. The molecule has 5 aromatic rings. The zero-order valence-corrected chi connectivity index (χ0v) is 27.0. The standard InChI is InChI=1S/C36H32Cl2N4O5/c1-23-22-41(19-20-46-23)35(47-30-8-2-5-25-6-3-17-39-34(25)30)32-28(37)14-15-29(33(32)38)42-18-4-7-27(42)21-40-31(43)16-11-24-9-12-26(13-10-24)36(44)45/h2-18,23,35H,19-22H2,1H3,(H,40,43)(H,44,45). The van der Waals surface area contributed by atoms with Gasteiger partial charge in [0.1, 0.15) is 11.3 Å². The van der Waals surface area contributed by atoms with Gasteiger partial charge >= 0.3 is 5.97 Å².